The molecule has 188 valence electrons. The molecule has 1 aliphatic heterocycles. The molecular weight excluding hydrogens is 412 g/mol. The third kappa shape index (κ3) is 3.86. The highest BCUT2D eigenvalue weighted by Crippen LogP contribution is 2.69. The molecule has 6 unspecified atom stereocenters. The van der Waals surface area contributed by atoms with Gasteiger partial charge in [0.1, 0.15) is 0 Å². The molecule has 33 heavy (non-hydrogen) atoms. The molecule has 2 N–H and O–H groups in total. The van der Waals surface area contributed by atoms with Crippen LogP contribution in [0.3, 0.4) is 0 Å². The summed E-state index contributed by atoms with van der Waals surface area (Å²) in [6.07, 6.45) is 12.9. The van der Waals surface area contributed by atoms with Crippen molar-refractivity contribution in [2.45, 2.75) is 104 Å². The first kappa shape index (κ1) is 24.3. The molecule has 0 radical (unpaired) electrons. The standard InChI is InChI=1S/C29H48O4/c1-18(2)24(30)9-6-19(3)21-7-8-22-26-23(10-11-28(21,22)5)27(4)12-13-29(32-14-15-33-29)17-20(27)16-25(26)31/h6,9,18-26,30-31H,7-8,10-17H2,1-5H3/b9-6+/t19-,20?,21-,22?,23?,24?,25?,26?,27+,28-/m1/s1. The van der Waals surface area contributed by atoms with Gasteiger partial charge < -0.3 is 19.7 Å². The second-order valence-electron chi connectivity index (χ2n) is 13.3. The average Bonchev–Trinajstić information content (AvgIpc) is 3.37. The van der Waals surface area contributed by atoms with Crippen LogP contribution in [-0.2, 0) is 9.47 Å². The summed E-state index contributed by atoms with van der Waals surface area (Å²) < 4.78 is 12.2. The second-order valence-corrected chi connectivity index (χ2v) is 13.3. The molecule has 5 aliphatic rings. The number of aliphatic hydroxyl groups excluding tert-OH is 2. The minimum Gasteiger partial charge on any atom is -0.393 e. The molecule has 0 amide bonds. The average molecular weight is 461 g/mol. The molecule has 0 aromatic heterocycles. The Morgan fingerprint density at radius 3 is 2.27 bits per heavy atom. The van der Waals surface area contributed by atoms with Crippen molar-refractivity contribution in [2.24, 2.45) is 52.3 Å². The van der Waals surface area contributed by atoms with E-state index in [1.807, 2.05) is 6.08 Å². The fraction of sp³-hybridized carbons (Fsp3) is 0.931. The van der Waals surface area contributed by atoms with E-state index >= 15 is 0 Å². The SMILES string of the molecule is CC(C)C(O)/C=C/[C@@H](C)[C@H]1CCC2C3C(O)CC4CC5(CC[C@]4(C)C3CC[C@@]21C)OCCO5. The first-order valence-corrected chi connectivity index (χ1v) is 13.9. The summed E-state index contributed by atoms with van der Waals surface area (Å²) in [7, 11) is 0. The molecule has 0 aromatic rings. The topological polar surface area (TPSA) is 58.9 Å². The van der Waals surface area contributed by atoms with Crippen molar-refractivity contribution in [3.05, 3.63) is 12.2 Å². The maximum atomic E-state index is 11.6. The highest BCUT2D eigenvalue weighted by atomic mass is 16.7. The molecule has 1 spiro atoms. The largest absolute Gasteiger partial charge is 0.393 e. The highest BCUT2D eigenvalue weighted by molar-refractivity contribution is 5.13. The number of hydrogen-bond donors (Lipinski definition) is 2. The molecule has 4 saturated carbocycles. The van der Waals surface area contributed by atoms with E-state index in [0.717, 1.165) is 32.5 Å². The van der Waals surface area contributed by atoms with Gasteiger partial charge in [0.25, 0.3) is 0 Å². The van der Waals surface area contributed by atoms with Gasteiger partial charge in [0.15, 0.2) is 5.79 Å². The lowest BCUT2D eigenvalue weighted by molar-refractivity contribution is -0.242. The fourth-order valence-corrected chi connectivity index (χ4v) is 9.47. The Labute approximate surface area is 201 Å². The molecule has 4 aliphatic carbocycles. The zero-order valence-corrected chi connectivity index (χ0v) is 21.6. The van der Waals surface area contributed by atoms with Crippen molar-refractivity contribution in [3.8, 4) is 0 Å². The van der Waals surface area contributed by atoms with Crippen molar-refractivity contribution in [1.29, 1.82) is 0 Å². The van der Waals surface area contributed by atoms with Crippen LogP contribution in [0.15, 0.2) is 12.2 Å². The van der Waals surface area contributed by atoms with Crippen molar-refractivity contribution in [1.82, 2.24) is 0 Å². The minimum absolute atomic E-state index is 0.193. The van der Waals surface area contributed by atoms with E-state index in [1.54, 1.807) is 0 Å². The monoisotopic (exact) mass is 460 g/mol. The predicted octanol–water partition coefficient (Wildman–Crippen LogP) is 5.57. The van der Waals surface area contributed by atoms with Gasteiger partial charge in [-0.25, -0.2) is 0 Å². The van der Waals surface area contributed by atoms with Crippen LogP contribution in [-0.4, -0.2) is 41.4 Å². The number of fused-ring (bicyclic) bond motifs is 5. The summed E-state index contributed by atoms with van der Waals surface area (Å²) in [4.78, 5) is 0. The maximum absolute atomic E-state index is 11.6. The molecule has 1 heterocycles. The minimum atomic E-state index is -0.360. The summed E-state index contributed by atoms with van der Waals surface area (Å²) in [6, 6.07) is 0. The molecule has 4 nitrogen and oxygen atoms in total. The predicted molar refractivity (Wildman–Crippen MR) is 130 cm³/mol. The quantitative estimate of drug-likeness (QED) is 0.539. The number of aliphatic hydroxyl groups is 2. The molecule has 10 atom stereocenters. The molecule has 1 saturated heterocycles. The van der Waals surface area contributed by atoms with Gasteiger partial charge in [0, 0.05) is 12.8 Å². The number of ether oxygens (including phenoxy) is 2. The van der Waals surface area contributed by atoms with Crippen LogP contribution < -0.4 is 0 Å². The summed E-state index contributed by atoms with van der Waals surface area (Å²) in [6.45, 7) is 13.0. The van der Waals surface area contributed by atoms with E-state index in [4.69, 9.17) is 9.47 Å². The lowest BCUT2D eigenvalue weighted by Gasteiger charge is -2.63. The van der Waals surface area contributed by atoms with Gasteiger partial charge in [-0.1, -0.05) is 46.8 Å². The number of allylic oxidation sites excluding steroid dienone is 1. The lowest BCUT2D eigenvalue weighted by atomic mass is 9.43. The van der Waals surface area contributed by atoms with Gasteiger partial charge >= 0.3 is 0 Å². The van der Waals surface area contributed by atoms with Crippen molar-refractivity contribution >= 4 is 0 Å². The Kier molecular flexibility index (Phi) is 6.33. The zero-order chi connectivity index (χ0) is 23.6. The van der Waals surface area contributed by atoms with E-state index in [1.165, 1.54) is 32.1 Å². The number of rotatable bonds is 4. The first-order valence-electron chi connectivity index (χ1n) is 13.9. The maximum Gasteiger partial charge on any atom is 0.168 e. The lowest BCUT2D eigenvalue weighted by Crippen LogP contribution is -2.60. The summed E-state index contributed by atoms with van der Waals surface area (Å²) >= 11 is 0. The van der Waals surface area contributed by atoms with Crippen molar-refractivity contribution in [2.75, 3.05) is 13.2 Å². The summed E-state index contributed by atoms with van der Waals surface area (Å²) in [5.74, 6) is 3.20. The highest BCUT2D eigenvalue weighted by Gasteiger charge is 2.64. The van der Waals surface area contributed by atoms with Gasteiger partial charge in [-0.15, -0.1) is 0 Å². The van der Waals surface area contributed by atoms with Crippen molar-refractivity contribution < 1.29 is 19.7 Å². The van der Waals surface area contributed by atoms with E-state index in [9.17, 15) is 10.2 Å². The van der Waals surface area contributed by atoms with Crippen LogP contribution in [0.1, 0.15) is 86.0 Å². The molecule has 0 aromatic carbocycles. The smallest absolute Gasteiger partial charge is 0.168 e. The van der Waals surface area contributed by atoms with Gasteiger partial charge in [-0.2, -0.15) is 0 Å². The fourth-order valence-electron chi connectivity index (χ4n) is 9.47. The van der Waals surface area contributed by atoms with E-state index in [-0.39, 0.29) is 23.9 Å². The van der Waals surface area contributed by atoms with Crippen LogP contribution in [0.4, 0.5) is 0 Å². The molecule has 5 rings (SSSR count). The van der Waals surface area contributed by atoms with Crippen LogP contribution in [0, 0.1) is 52.3 Å². The van der Waals surface area contributed by atoms with Gasteiger partial charge in [0.05, 0.1) is 25.4 Å². The molecule has 4 heteroatoms. The first-order chi connectivity index (χ1) is 15.6. The van der Waals surface area contributed by atoms with E-state index in [0.29, 0.717) is 46.3 Å². The summed E-state index contributed by atoms with van der Waals surface area (Å²) in [5.41, 5.74) is 0.599. The Hall–Kier alpha value is -0.420. The molecular formula is C29H48O4. The van der Waals surface area contributed by atoms with Crippen LogP contribution >= 0.6 is 0 Å². The van der Waals surface area contributed by atoms with Crippen LogP contribution in [0.2, 0.25) is 0 Å². The normalized spacial score (nSPS) is 48.6. The van der Waals surface area contributed by atoms with Gasteiger partial charge in [-0.3, -0.25) is 0 Å². The third-order valence-corrected chi connectivity index (χ3v) is 11.5. The Morgan fingerprint density at radius 1 is 0.879 bits per heavy atom. The van der Waals surface area contributed by atoms with Gasteiger partial charge in [-0.05, 0) is 90.8 Å². The molecule has 5 fully saturated rings. The second kappa shape index (κ2) is 8.61. The molecule has 0 bridgehead atoms. The Morgan fingerprint density at radius 2 is 1.58 bits per heavy atom. The Bertz CT molecular complexity index is 742. The Balaban J connectivity index is 1.34. The van der Waals surface area contributed by atoms with Crippen LogP contribution in [0.5, 0.6) is 0 Å². The van der Waals surface area contributed by atoms with Crippen molar-refractivity contribution in [3.63, 3.8) is 0 Å². The zero-order valence-electron chi connectivity index (χ0n) is 21.6. The van der Waals surface area contributed by atoms with Crippen LogP contribution in [0.25, 0.3) is 0 Å². The van der Waals surface area contributed by atoms with E-state index < -0.39 is 0 Å². The third-order valence-electron chi connectivity index (χ3n) is 11.5. The van der Waals surface area contributed by atoms with Gasteiger partial charge in [0.2, 0.25) is 0 Å². The van der Waals surface area contributed by atoms with E-state index in [2.05, 4.69) is 40.7 Å². The number of hydrogen-bond acceptors (Lipinski definition) is 4. The summed E-state index contributed by atoms with van der Waals surface area (Å²) in [5, 5.41) is 21.9.